The fraction of sp³-hybridized carbons (Fsp3) is 0.143. The van der Waals surface area contributed by atoms with E-state index in [1.165, 1.54) is 5.56 Å². The van der Waals surface area contributed by atoms with Gasteiger partial charge in [0.1, 0.15) is 0 Å². The number of nitrogens with two attached hydrogens (primary N) is 1. The zero-order valence-corrected chi connectivity index (χ0v) is 13.1. The predicted octanol–water partition coefficient (Wildman–Crippen LogP) is 5.01. The van der Waals surface area contributed by atoms with Crippen molar-refractivity contribution < 1.29 is 0 Å². The molecule has 0 atom stereocenters. The van der Waals surface area contributed by atoms with Crippen molar-refractivity contribution in [1.82, 2.24) is 0 Å². The molecule has 0 saturated carbocycles. The fourth-order valence-corrected chi connectivity index (χ4v) is 2.44. The van der Waals surface area contributed by atoms with Crippen LogP contribution in [0.1, 0.15) is 11.1 Å². The maximum atomic E-state index is 6.22. The van der Waals surface area contributed by atoms with Crippen molar-refractivity contribution in [2.24, 2.45) is 5.73 Å². The molecule has 0 spiro atoms. The summed E-state index contributed by atoms with van der Waals surface area (Å²) in [5.41, 5.74) is 10.1. The van der Waals surface area contributed by atoms with Gasteiger partial charge in [-0.1, -0.05) is 47.5 Å². The van der Waals surface area contributed by atoms with Gasteiger partial charge in [-0.05, 0) is 35.7 Å². The molecule has 2 rings (SSSR count). The molecular formula is C14H14BrCl2N. The van der Waals surface area contributed by atoms with Crippen molar-refractivity contribution in [1.29, 1.82) is 0 Å². The highest BCUT2D eigenvalue weighted by Gasteiger charge is 2.09. The Morgan fingerprint density at radius 1 is 1.06 bits per heavy atom. The van der Waals surface area contributed by atoms with Crippen LogP contribution in [0.4, 0.5) is 0 Å². The van der Waals surface area contributed by atoms with E-state index in [2.05, 4.69) is 13.0 Å². The molecule has 0 aliphatic carbocycles. The third kappa shape index (κ3) is 3.07. The molecule has 0 aliphatic heterocycles. The Hall–Kier alpha value is -0.540. The van der Waals surface area contributed by atoms with Gasteiger partial charge < -0.3 is 5.73 Å². The third-order valence-corrected chi connectivity index (χ3v) is 3.38. The maximum Gasteiger partial charge on any atom is 0.0499 e. The summed E-state index contributed by atoms with van der Waals surface area (Å²) >= 11 is 12.1. The van der Waals surface area contributed by atoms with Crippen LogP contribution in [0.25, 0.3) is 11.1 Å². The topological polar surface area (TPSA) is 26.0 Å². The Morgan fingerprint density at radius 3 is 2.39 bits per heavy atom. The van der Waals surface area contributed by atoms with Crippen molar-refractivity contribution >= 4 is 40.2 Å². The van der Waals surface area contributed by atoms with Crippen LogP contribution < -0.4 is 5.73 Å². The van der Waals surface area contributed by atoms with Gasteiger partial charge in [-0.3, -0.25) is 0 Å². The Morgan fingerprint density at radius 2 is 1.78 bits per heavy atom. The van der Waals surface area contributed by atoms with E-state index >= 15 is 0 Å². The number of benzene rings is 2. The lowest BCUT2D eigenvalue weighted by atomic mass is 9.96. The SMILES string of the molecule is Br.Cc1cccc(-c2ccc(Cl)cc2Cl)c1CN. The molecule has 0 amide bonds. The van der Waals surface area contributed by atoms with Gasteiger partial charge in [-0.2, -0.15) is 0 Å². The monoisotopic (exact) mass is 345 g/mol. The molecule has 0 aliphatic rings. The highest BCUT2D eigenvalue weighted by molar-refractivity contribution is 8.93. The first kappa shape index (κ1) is 15.5. The first-order chi connectivity index (χ1) is 8.13. The smallest absolute Gasteiger partial charge is 0.0499 e. The molecular weight excluding hydrogens is 333 g/mol. The van der Waals surface area contributed by atoms with E-state index in [9.17, 15) is 0 Å². The second-order valence-corrected chi connectivity index (χ2v) is 4.77. The average Bonchev–Trinajstić information content (AvgIpc) is 2.29. The van der Waals surface area contributed by atoms with Gasteiger partial charge in [0, 0.05) is 22.2 Å². The molecule has 1 nitrogen and oxygen atoms in total. The second kappa shape index (κ2) is 6.58. The Balaban J connectivity index is 0.00000162. The van der Waals surface area contributed by atoms with E-state index in [-0.39, 0.29) is 17.0 Å². The molecule has 0 heterocycles. The normalized spacial score (nSPS) is 10.0. The highest BCUT2D eigenvalue weighted by Crippen LogP contribution is 2.33. The van der Waals surface area contributed by atoms with E-state index in [1.54, 1.807) is 6.07 Å². The summed E-state index contributed by atoms with van der Waals surface area (Å²) in [6.07, 6.45) is 0. The van der Waals surface area contributed by atoms with E-state index < -0.39 is 0 Å². The highest BCUT2D eigenvalue weighted by atomic mass is 79.9. The summed E-state index contributed by atoms with van der Waals surface area (Å²) in [7, 11) is 0. The van der Waals surface area contributed by atoms with Crippen LogP contribution in [0.2, 0.25) is 10.0 Å². The molecule has 0 fully saturated rings. The van der Waals surface area contributed by atoms with Crippen LogP contribution in [0.5, 0.6) is 0 Å². The molecule has 2 N–H and O–H groups in total. The number of rotatable bonds is 2. The lowest BCUT2D eigenvalue weighted by Gasteiger charge is -2.12. The molecule has 0 radical (unpaired) electrons. The van der Waals surface area contributed by atoms with Crippen molar-refractivity contribution in [2.75, 3.05) is 0 Å². The Bertz CT molecular complexity index is 555. The molecule has 0 saturated heterocycles. The molecule has 18 heavy (non-hydrogen) atoms. The van der Waals surface area contributed by atoms with E-state index in [4.69, 9.17) is 28.9 Å². The second-order valence-electron chi connectivity index (χ2n) is 3.93. The van der Waals surface area contributed by atoms with Gasteiger partial charge >= 0.3 is 0 Å². The van der Waals surface area contributed by atoms with Crippen LogP contribution in [0, 0.1) is 6.92 Å². The molecule has 2 aromatic carbocycles. The van der Waals surface area contributed by atoms with E-state index in [0.29, 0.717) is 16.6 Å². The predicted molar refractivity (Wildman–Crippen MR) is 84.8 cm³/mol. The van der Waals surface area contributed by atoms with Gasteiger partial charge in [0.15, 0.2) is 0 Å². The lowest BCUT2D eigenvalue weighted by Crippen LogP contribution is -2.01. The minimum atomic E-state index is 0. The van der Waals surface area contributed by atoms with Crippen molar-refractivity contribution in [3.05, 3.63) is 57.6 Å². The fourth-order valence-electron chi connectivity index (χ4n) is 1.93. The van der Waals surface area contributed by atoms with Gasteiger partial charge in [-0.25, -0.2) is 0 Å². The Kier molecular flexibility index (Phi) is 5.67. The third-order valence-electron chi connectivity index (χ3n) is 2.84. The number of halogens is 3. The number of aryl methyl sites for hydroxylation is 1. The number of hydrogen-bond donors (Lipinski definition) is 1. The first-order valence-corrected chi connectivity index (χ1v) is 6.13. The van der Waals surface area contributed by atoms with Gasteiger partial charge in [0.25, 0.3) is 0 Å². The molecule has 2 aromatic rings. The zero-order chi connectivity index (χ0) is 12.4. The number of hydrogen-bond acceptors (Lipinski definition) is 1. The van der Waals surface area contributed by atoms with Crippen molar-refractivity contribution in [3.8, 4) is 11.1 Å². The van der Waals surface area contributed by atoms with Crippen molar-refractivity contribution in [3.63, 3.8) is 0 Å². The largest absolute Gasteiger partial charge is 0.326 e. The van der Waals surface area contributed by atoms with Crippen LogP contribution in [-0.4, -0.2) is 0 Å². The lowest BCUT2D eigenvalue weighted by molar-refractivity contribution is 1.05. The maximum absolute atomic E-state index is 6.22. The van der Waals surface area contributed by atoms with Crippen LogP contribution in [0.15, 0.2) is 36.4 Å². The van der Waals surface area contributed by atoms with Crippen molar-refractivity contribution in [2.45, 2.75) is 13.5 Å². The molecule has 4 heteroatoms. The molecule has 0 unspecified atom stereocenters. The summed E-state index contributed by atoms with van der Waals surface area (Å²) in [6.45, 7) is 2.55. The van der Waals surface area contributed by atoms with E-state index in [0.717, 1.165) is 16.7 Å². The van der Waals surface area contributed by atoms with Crippen LogP contribution >= 0.6 is 40.2 Å². The standard InChI is InChI=1S/C14H13Cl2N.BrH/c1-9-3-2-4-11(13(9)8-17)12-6-5-10(15)7-14(12)16;/h2-7H,8,17H2,1H3;1H. The minimum Gasteiger partial charge on any atom is -0.326 e. The molecule has 96 valence electrons. The summed E-state index contributed by atoms with van der Waals surface area (Å²) < 4.78 is 0. The van der Waals surface area contributed by atoms with Gasteiger partial charge in [0.05, 0.1) is 0 Å². The zero-order valence-electron chi connectivity index (χ0n) is 9.91. The van der Waals surface area contributed by atoms with Crippen LogP contribution in [0.3, 0.4) is 0 Å². The summed E-state index contributed by atoms with van der Waals surface area (Å²) in [5.74, 6) is 0. The molecule has 0 bridgehead atoms. The van der Waals surface area contributed by atoms with Gasteiger partial charge in [0.2, 0.25) is 0 Å². The summed E-state index contributed by atoms with van der Waals surface area (Å²) in [5, 5.41) is 1.29. The average molecular weight is 347 g/mol. The Labute approximate surface area is 128 Å². The first-order valence-electron chi connectivity index (χ1n) is 5.37. The van der Waals surface area contributed by atoms with Crippen LogP contribution in [-0.2, 0) is 6.54 Å². The summed E-state index contributed by atoms with van der Waals surface area (Å²) in [4.78, 5) is 0. The van der Waals surface area contributed by atoms with E-state index in [1.807, 2.05) is 24.3 Å². The van der Waals surface area contributed by atoms with Gasteiger partial charge in [-0.15, -0.1) is 17.0 Å². The summed E-state index contributed by atoms with van der Waals surface area (Å²) in [6, 6.07) is 11.6. The molecule has 0 aromatic heterocycles. The quantitative estimate of drug-likeness (QED) is 0.813. The minimum absolute atomic E-state index is 0.